The van der Waals surface area contributed by atoms with Gasteiger partial charge in [-0.15, -0.1) is 0 Å². The number of ether oxygens (including phenoxy) is 1. The minimum Gasteiger partial charge on any atom is -0.379 e. The number of benzene rings is 1. The molecule has 0 aromatic heterocycles. The smallest absolute Gasteiger partial charge is 0.191 e. The van der Waals surface area contributed by atoms with Gasteiger partial charge in [-0.3, -0.25) is 9.89 Å². The van der Waals surface area contributed by atoms with E-state index in [4.69, 9.17) is 4.74 Å². The lowest BCUT2D eigenvalue weighted by atomic mass is 10.2. The molecule has 6 nitrogen and oxygen atoms in total. The van der Waals surface area contributed by atoms with Crippen LogP contribution in [0.15, 0.2) is 23.2 Å². The van der Waals surface area contributed by atoms with E-state index in [-0.39, 0.29) is 6.04 Å². The predicted octanol–water partition coefficient (Wildman–Crippen LogP) is 1.82. The van der Waals surface area contributed by atoms with Crippen LogP contribution in [0.3, 0.4) is 0 Å². The van der Waals surface area contributed by atoms with Crippen LogP contribution >= 0.6 is 0 Å². The first-order valence-electron chi connectivity index (χ1n) is 10.2. The van der Waals surface area contributed by atoms with Gasteiger partial charge in [0.2, 0.25) is 0 Å². The molecule has 2 saturated heterocycles. The van der Waals surface area contributed by atoms with Gasteiger partial charge in [0, 0.05) is 57.9 Å². The largest absolute Gasteiger partial charge is 0.379 e. The summed E-state index contributed by atoms with van der Waals surface area (Å²) in [5, 5.41) is 6.74. The molecule has 0 amide bonds. The fraction of sp³-hybridized carbons (Fsp3) is 0.650. The van der Waals surface area contributed by atoms with Crippen LogP contribution in [-0.2, 0) is 4.74 Å². The van der Waals surface area contributed by atoms with E-state index >= 15 is 0 Å². The molecule has 1 unspecified atom stereocenters. The van der Waals surface area contributed by atoms with Gasteiger partial charge >= 0.3 is 0 Å². The molecule has 2 aliphatic heterocycles. The van der Waals surface area contributed by atoms with Gasteiger partial charge in [-0.1, -0.05) is 0 Å². The molecule has 0 bridgehead atoms. The second kappa shape index (κ2) is 10.6. The zero-order valence-electron chi connectivity index (χ0n) is 16.6. The number of guanidine groups is 1. The maximum atomic E-state index is 14.0. The summed E-state index contributed by atoms with van der Waals surface area (Å²) in [6.07, 6.45) is 1.89. The van der Waals surface area contributed by atoms with E-state index in [2.05, 4.69) is 20.5 Å². The van der Waals surface area contributed by atoms with E-state index in [0.29, 0.717) is 12.2 Å². The van der Waals surface area contributed by atoms with Gasteiger partial charge in [0.15, 0.2) is 5.96 Å². The third kappa shape index (κ3) is 6.04. The van der Waals surface area contributed by atoms with Gasteiger partial charge in [0.25, 0.3) is 0 Å². The quantitative estimate of drug-likeness (QED) is 0.419. The molecular formula is C20H31F2N5O. The molecule has 1 atom stereocenters. The molecule has 156 valence electrons. The van der Waals surface area contributed by atoms with E-state index in [1.54, 1.807) is 0 Å². The molecule has 1 aromatic rings. The number of halogens is 2. The molecule has 28 heavy (non-hydrogen) atoms. The van der Waals surface area contributed by atoms with Crippen molar-refractivity contribution >= 4 is 11.6 Å². The SMILES string of the molecule is CCNC(=NCCCN1CCOCC1)NC1CCN(c2ccc(F)cc2F)C1. The molecule has 0 saturated carbocycles. The summed E-state index contributed by atoms with van der Waals surface area (Å²) in [6.45, 7) is 9.67. The lowest BCUT2D eigenvalue weighted by Gasteiger charge is -2.26. The number of hydrogen-bond acceptors (Lipinski definition) is 4. The number of anilines is 1. The number of nitrogens with zero attached hydrogens (tertiary/aromatic N) is 3. The topological polar surface area (TPSA) is 52.1 Å². The van der Waals surface area contributed by atoms with Crippen LogP contribution in [0, 0.1) is 11.6 Å². The molecule has 2 N–H and O–H groups in total. The van der Waals surface area contributed by atoms with Crippen molar-refractivity contribution in [3.63, 3.8) is 0 Å². The van der Waals surface area contributed by atoms with Crippen molar-refractivity contribution in [1.29, 1.82) is 0 Å². The van der Waals surface area contributed by atoms with Crippen molar-refractivity contribution in [2.45, 2.75) is 25.8 Å². The standard InChI is InChI=1S/C20H31F2N5O/c1-2-23-20(24-7-3-8-26-10-12-28-13-11-26)25-17-6-9-27(15-17)19-5-4-16(21)14-18(19)22/h4-5,14,17H,2-3,6-13,15H2,1H3,(H2,23,24,25). The molecule has 0 radical (unpaired) electrons. The van der Waals surface area contributed by atoms with Crippen LogP contribution in [0.4, 0.5) is 14.5 Å². The number of rotatable bonds is 7. The monoisotopic (exact) mass is 395 g/mol. The van der Waals surface area contributed by atoms with Crippen molar-refractivity contribution in [3.8, 4) is 0 Å². The van der Waals surface area contributed by atoms with Crippen LogP contribution in [0.5, 0.6) is 0 Å². The van der Waals surface area contributed by atoms with E-state index in [0.717, 1.165) is 77.3 Å². The molecule has 2 fully saturated rings. The highest BCUT2D eigenvalue weighted by atomic mass is 19.1. The highest BCUT2D eigenvalue weighted by Crippen LogP contribution is 2.24. The molecule has 0 aliphatic carbocycles. The third-order valence-electron chi connectivity index (χ3n) is 5.13. The fourth-order valence-corrected chi connectivity index (χ4v) is 3.66. The Labute approximate surface area is 165 Å². The normalized spacial score (nSPS) is 21.2. The Balaban J connectivity index is 1.47. The zero-order chi connectivity index (χ0) is 19.8. The van der Waals surface area contributed by atoms with Crippen molar-refractivity contribution in [3.05, 3.63) is 29.8 Å². The van der Waals surface area contributed by atoms with Gasteiger partial charge < -0.3 is 20.3 Å². The van der Waals surface area contributed by atoms with Gasteiger partial charge in [0.05, 0.1) is 18.9 Å². The van der Waals surface area contributed by atoms with Gasteiger partial charge in [-0.2, -0.15) is 0 Å². The summed E-state index contributed by atoms with van der Waals surface area (Å²) in [6, 6.07) is 3.94. The Hall–Kier alpha value is -1.93. The highest BCUT2D eigenvalue weighted by Gasteiger charge is 2.25. The summed E-state index contributed by atoms with van der Waals surface area (Å²) < 4.78 is 32.5. The Morgan fingerprint density at radius 2 is 2.07 bits per heavy atom. The van der Waals surface area contributed by atoms with Crippen LogP contribution < -0.4 is 15.5 Å². The zero-order valence-corrected chi connectivity index (χ0v) is 16.6. The maximum Gasteiger partial charge on any atom is 0.191 e. The Bertz CT molecular complexity index is 651. The van der Waals surface area contributed by atoms with Crippen molar-refractivity contribution in [2.75, 3.05) is 63.9 Å². The Morgan fingerprint density at radius 3 is 2.82 bits per heavy atom. The molecule has 2 heterocycles. The minimum absolute atomic E-state index is 0.182. The van der Waals surface area contributed by atoms with Crippen molar-refractivity contribution < 1.29 is 13.5 Å². The highest BCUT2D eigenvalue weighted by molar-refractivity contribution is 5.80. The van der Waals surface area contributed by atoms with E-state index in [1.807, 2.05) is 11.8 Å². The maximum absolute atomic E-state index is 14.0. The number of nitrogens with one attached hydrogen (secondary N) is 2. The van der Waals surface area contributed by atoms with Gasteiger partial charge in [-0.25, -0.2) is 8.78 Å². The van der Waals surface area contributed by atoms with Crippen molar-refractivity contribution in [2.24, 2.45) is 4.99 Å². The lowest BCUT2D eigenvalue weighted by Crippen LogP contribution is -2.44. The first-order valence-corrected chi connectivity index (χ1v) is 10.2. The number of hydrogen-bond donors (Lipinski definition) is 2. The number of morpholine rings is 1. The van der Waals surface area contributed by atoms with Gasteiger partial charge in [0.1, 0.15) is 11.6 Å². The van der Waals surface area contributed by atoms with Crippen molar-refractivity contribution in [1.82, 2.24) is 15.5 Å². The summed E-state index contributed by atoms with van der Waals surface area (Å²) >= 11 is 0. The molecule has 8 heteroatoms. The Kier molecular flexibility index (Phi) is 7.85. The molecular weight excluding hydrogens is 364 g/mol. The fourth-order valence-electron chi connectivity index (χ4n) is 3.66. The Morgan fingerprint density at radius 1 is 1.25 bits per heavy atom. The first-order chi connectivity index (χ1) is 13.7. The van der Waals surface area contributed by atoms with Crippen LogP contribution in [0.1, 0.15) is 19.8 Å². The number of aliphatic imine (C=N–C) groups is 1. The summed E-state index contributed by atoms with van der Waals surface area (Å²) in [7, 11) is 0. The van der Waals surface area contributed by atoms with Crippen LogP contribution in [0.25, 0.3) is 0 Å². The van der Waals surface area contributed by atoms with E-state index < -0.39 is 11.6 Å². The lowest BCUT2D eigenvalue weighted by molar-refractivity contribution is 0.0377. The van der Waals surface area contributed by atoms with E-state index in [1.165, 1.54) is 12.1 Å². The molecule has 0 spiro atoms. The summed E-state index contributed by atoms with van der Waals surface area (Å²) in [5.74, 6) is -0.256. The minimum atomic E-state index is -0.547. The van der Waals surface area contributed by atoms with Gasteiger partial charge in [-0.05, 0) is 31.9 Å². The average Bonchev–Trinajstić information content (AvgIpc) is 3.14. The molecule has 1 aromatic carbocycles. The van der Waals surface area contributed by atoms with Crippen LogP contribution in [-0.4, -0.2) is 75.9 Å². The second-order valence-electron chi connectivity index (χ2n) is 7.24. The van der Waals surface area contributed by atoms with Crippen LogP contribution in [0.2, 0.25) is 0 Å². The third-order valence-corrected chi connectivity index (χ3v) is 5.13. The predicted molar refractivity (Wildman–Crippen MR) is 108 cm³/mol. The first kappa shape index (κ1) is 20.8. The molecule has 2 aliphatic rings. The summed E-state index contributed by atoms with van der Waals surface area (Å²) in [4.78, 5) is 9.04. The van der Waals surface area contributed by atoms with E-state index in [9.17, 15) is 8.78 Å². The molecule has 3 rings (SSSR count). The second-order valence-corrected chi connectivity index (χ2v) is 7.24. The summed E-state index contributed by atoms with van der Waals surface area (Å²) in [5.41, 5.74) is 0.457. The average molecular weight is 395 g/mol.